The van der Waals surface area contributed by atoms with Gasteiger partial charge in [-0.1, -0.05) is 41.7 Å². The van der Waals surface area contributed by atoms with E-state index in [0.29, 0.717) is 26.9 Å². The van der Waals surface area contributed by atoms with Gasteiger partial charge in [0, 0.05) is 10.8 Å². The molecule has 0 aliphatic carbocycles. The van der Waals surface area contributed by atoms with Gasteiger partial charge in [-0.3, -0.25) is 19.7 Å². The number of nitrogens with one attached hydrogen (secondary N) is 1. The lowest BCUT2D eigenvalue weighted by Gasteiger charge is -2.14. The molecule has 0 atom stereocenters. The topological polar surface area (TPSA) is 90.3 Å². The summed E-state index contributed by atoms with van der Waals surface area (Å²) in [6.45, 7) is 1.44. The fourth-order valence-electron chi connectivity index (χ4n) is 3.81. The van der Waals surface area contributed by atoms with Crippen LogP contribution in [0, 0.1) is 6.92 Å². The van der Waals surface area contributed by atoms with Gasteiger partial charge in [-0.15, -0.1) is 0 Å². The molecule has 0 aliphatic rings. The summed E-state index contributed by atoms with van der Waals surface area (Å²) in [6.07, 6.45) is 0. The second kappa shape index (κ2) is 8.48. The number of amides is 1. The second-order valence-corrected chi connectivity index (χ2v) is 8.68. The van der Waals surface area contributed by atoms with E-state index in [0.717, 1.165) is 15.8 Å². The predicted octanol–water partition coefficient (Wildman–Crippen LogP) is 4.25. The predicted molar refractivity (Wildman–Crippen MR) is 130 cm³/mol. The van der Waals surface area contributed by atoms with Crippen LogP contribution in [0.5, 0.6) is 0 Å². The number of fused-ring (bicyclic) bond motifs is 3. The maximum Gasteiger partial charge on any atom is 0.326 e. The first kappa shape index (κ1) is 20.8. The van der Waals surface area contributed by atoms with Crippen molar-refractivity contribution in [3.05, 3.63) is 82.5 Å². The third-order valence-corrected chi connectivity index (χ3v) is 6.25. The Morgan fingerprint density at radius 2 is 1.67 bits per heavy atom. The zero-order valence-corrected chi connectivity index (χ0v) is 18.5. The molecule has 5 aromatic rings. The number of esters is 1. The van der Waals surface area contributed by atoms with Gasteiger partial charge in [-0.05, 0) is 48.9 Å². The molecule has 0 saturated carbocycles. The van der Waals surface area contributed by atoms with Crippen LogP contribution in [0.1, 0.15) is 5.56 Å². The van der Waals surface area contributed by atoms with Crippen LogP contribution in [0.15, 0.2) is 71.5 Å². The third kappa shape index (κ3) is 4.08. The molecule has 7 nitrogen and oxygen atoms in total. The molecule has 0 fully saturated rings. The van der Waals surface area contributed by atoms with Gasteiger partial charge in [0.15, 0.2) is 17.2 Å². The quantitative estimate of drug-likeness (QED) is 0.315. The van der Waals surface area contributed by atoms with E-state index in [2.05, 4.69) is 10.3 Å². The largest absolute Gasteiger partial charge is 0.454 e. The number of nitrogens with zero attached hydrogens (tertiary/aromatic N) is 2. The van der Waals surface area contributed by atoms with Crippen molar-refractivity contribution in [1.82, 2.24) is 9.55 Å². The van der Waals surface area contributed by atoms with Crippen molar-refractivity contribution < 1.29 is 14.3 Å². The van der Waals surface area contributed by atoms with Gasteiger partial charge in [0.25, 0.3) is 5.91 Å². The Kier molecular flexibility index (Phi) is 5.35. The van der Waals surface area contributed by atoms with E-state index in [9.17, 15) is 14.4 Å². The molecular formula is C25H19N3O4S. The Morgan fingerprint density at radius 3 is 2.36 bits per heavy atom. The van der Waals surface area contributed by atoms with E-state index in [1.807, 2.05) is 37.3 Å². The Balaban J connectivity index is 1.32. The van der Waals surface area contributed by atoms with E-state index in [1.165, 1.54) is 11.3 Å². The number of pyridine rings is 1. The fourth-order valence-corrected chi connectivity index (χ4v) is 4.79. The van der Waals surface area contributed by atoms with Crippen LogP contribution >= 0.6 is 11.3 Å². The van der Waals surface area contributed by atoms with Crippen molar-refractivity contribution in [3.63, 3.8) is 0 Å². The molecule has 0 saturated heterocycles. The molecule has 33 heavy (non-hydrogen) atoms. The van der Waals surface area contributed by atoms with Crippen molar-refractivity contribution in [2.75, 3.05) is 11.9 Å². The van der Waals surface area contributed by atoms with Crippen LogP contribution in [0.25, 0.3) is 32.0 Å². The summed E-state index contributed by atoms with van der Waals surface area (Å²) in [5.74, 6) is -1.04. The Morgan fingerprint density at radius 1 is 1.00 bits per heavy atom. The van der Waals surface area contributed by atoms with E-state index >= 15 is 0 Å². The number of carbonyl (C=O) groups is 2. The van der Waals surface area contributed by atoms with E-state index in [4.69, 9.17) is 4.74 Å². The second-order valence-electron chi connectivity index (χ2n) is 7.65. The number of hydrogen-bond donors (Lipinski definition) is 1. The first-order chi connectivity index (χ1) is 16.0. The molecule has 0 spiro atoms. The number of para-hydroxylation sites is 2. The van der Waals surface area contributed by atoms with Crippen LogP contribution in [0.3, 0.4) is 0 Å². The summed E-state index contributed by atoms with van der Waals surface area (Å²) in [6, 6.07) is 20.1. The minimum absolute atomic E-state index is 0.0868. The zero-order valence-electron chi connectivity index (χ0n) is 17.7. The number of benzene rings is 3. The lowest BCUT2D eigenvalue weighted by molar-refractivity contribution is -0.147. The van der Waals surface area contributed by atoms with E-state index in [-0.39, 0.29) is 12.0 Å². The molecule has 0 bridgehead atoms. The van der Waals surface area contributed by atoms with Crippen LogP contribution in [0.2, 0.25) is 0 Å². The van der Waals surface area contributed by atoms with Crippen molar-refractivity contribution >= 4 is 60.4 Å². The first-order valence-corrected chi connectivity index (χ1v) is 11.1. The molecule has 3 aromatic carbocycles. The van der Waals surface area contributed by atoms with Gasteiger partial charge < -0.3 is 9.30 Å². The summed E-state index contributed by atoms with van der Waals surface area (Å²) >= 11 is 1.36. The lowest BCUT2D eigenvalue weighted by atomic mass is 10.1. The van der Waals surface area contributed by atoms with Crippen LogP contribution in [-0.2, 0) is 20.9 Å². The van der Waals surface area contributed by atoms with Crippen LogP contribution in [0.4, 0.5) is 5.13 Å². The maximum atomic E-state index is 12.8. The monoisotopic (exact) mass is 457 g/mol. The number of carbonyl (C=O) groups excluding carboxylic acids is 2. The Bertz CT molecular complexity index is 1540. The van der Waals surface area contributed by atoms with Gasteiger partial charge in [0.05, 0.1) is 21.3 Å². The minimum atomic E-state index is -0.580. The SMILES string of the molecule is Cc1ccc2nc(NC(=O)COC(=O)Cn3c4ccccc4c(=O)c4ccccc43)sc2c1. The number of hydrogen-bond acceptors (Lipinski definition) is 6. The summed E-state index contributed by atoms with van der Waals surface area (Å²) < 4.78 is 7.94. The number of thiazole rings is 1. The highest BCUT2D eigenvalue weighted by molar-refractivity contribution is 7.22. The molecule has 2 heterocycles. The molecule has 2 aromatic heterocycles. The van der Waals surface area contributed by atoms with E-state index in [1.54, 1.807) is 41.0 Å². The highest BCUT2D eigenvalue weighted by Crippen LogP contribution is 2.26. The highest BCUT2D eigenvalue weighted by Gasteiger charge is 2.15. The average Bonchev–Trinajstić information content (AvgIpc) is 3.21. The fraction of sp³-hybridized carbons (Fsp3) is 0.120. The van der Waals surface area contributed by atoms with Crippen LogP contribution < -0.4 is 10.7 Å². The lowest BCUT2D eigenvalue weighted by Crippen LogP contribution is -2.24. The molecule has 164 valence electrons. The first-order valence-electron chi connectivity index (χ1n) is 10.3. The van der Waals surface area contributed by atoms with Crippen molar-refractivity contribution in [2.45, 2.75) is 13.5 Å². The van der Waals surface area contributed by atoms with Gasteiger partial charge in [-0.25, -0.2) is 4.98 Å². The van der Waals surface area contributed by atoms with Gasteiger partial charge >= 0.3 is 5.97 Å². The van der Waals surface area contributed by atoms with Crippen molar-refractivity contribution in [2.24, 2.45) is 0 Å². The number of aromatic nitrogens is 2. The molecule has 5 rings (SSSR count). The normalized spacial score (nSPS) is 11.2. The summed E-state index contributed by atoms with van der Waals surface area (Å²) in [7, 11) is 0. The standard InChI is InChI=1S/C25H19N3O4S/c1-15-10-11-18-21(12-15)33-25(26-18)27-22(29)14-32-23(30)13-28-19-8-4-2-6-16(19)24(31)17-7-3-5-9-20(17)28/h2-12H,13-14H2,1H3,(H,26,27,29). The summed E-state index contributed by atoms with van der Waals surface area (Å²) in [4.78, 5) is 42.1. The molecule has 1 N–H and O–H groups in total. The van der Waals surface area contributed by atoms with Crippen molar-refractivity contribution in [1.29, 1.82) is 0 Å². The number of anilines is 1. The third-order valence-electron chi connectivity index (χ3n) is 5.32. The Labute approximate surface area is 192 Å². The zero-order chi connectivity index (χ0) is 22.9. The van der Waals surface area contributed by atoms with Gasteiger partial charge in [0.2, 0.25) is 0 Å². The van der Waals surface area contributed by atoms with Crippen LogP contribution in [-0.4, -0.2) is 28.0 Å². The van der Waals surface area contributed by atoms with Crippen molar-refractivity contribution in [3.8, 4) is 0 Å². The molecule has 0 aliphatic heterocycles. The summed E-state index contributed by atoms with van der Waals surface area (Å²) in [5.41, 5.74) is 3.09. The van der Waals surface area contributed by atoms with Gasteiger partial charge in [-0.2, -0.15) is 0 Å². The molecule has 0 radical (unpaired) electrons. The minimum Gasteiger partial charge on any atom is -0.454 e. The van der Waals surface area contributed by atoms with Gasteiger partial charge in [0.1, 0.15) is 6.54 Å². The summed E-state index contributed by atoms with van der Waals surface area (Å²) in [5, 5.41) is 4.17. The smallest absolute Gasteiger partial charge is 0.326 e. The molecule has 1 amide bonds. The molecular weight excluding hydrogens is 438 g/mol. The Hall–Kier alpha value is -4.04. The number of aryl methyl sites for hydroxylation is 1. The highest BCUT2D eigenvalue weighted by atomic mass is 32.1. The number of ether oxygens (including phenoxy) is 1. The molecule has 0 unspecified atom stereocenters. The number of rotatable bonds is 5. The molecule has 8 heteroatoms. The average molecular weight is 458 g/mol. The maximum absolute atomic E-state index is 12.8. The van der Waals surface area contributed by atoms with E-state index < -0.39 is 18.5 Å².